The van der Waals surface area contributed by atoms with Gasteiger partial charge in [-0.2, -0.15) is 0 Å². The van der Waals surface area contributed by atoms with E-state index in [1.807, 2.05) is 0 Å². The number of rotatable bonds is 7. The molecule has 1 fully saturated rings. The van der Waals surface area contributed by atoms with Crippen molar-refractivity contribution in [1.29, 1.82) is 0 Å². The fourth-order valence-corrected chi connectivity index (χ4v) is 2.56. The first-order chi connectivity index (χ1) is 7.36. The average Bonchev–Trinajstić information content (AvgIpc) is 2.30. The third-order valence-electron chi connectivity index (χ3n) is 3.86. The van der Waals surface area contributed by atoms with Crippen LogP contribution in [0.25, 0.3) is 0 Å². The quantitative estimate of drug-likeness (QED) is 0.574. The van der Waals surface area contributed by atoms with Crippen LogP contribution in [0.15, 0.2) is 0 Å². The van der Waals surface area contributed by atoms with E-state index in [4.69, 9.17) is 0 Å². The van der Waals surface area contributed by atoms with Crippen LogP contribution in [-0.2, 0) is 0 Å². The highest BCUT2D eigenvalue weighted by molar-refractivity contribution is 4.71. The molecule has 0 saturated carbocycles. The standard InChI is InChI=1S/C14H29N/c1-3-5-6-7-8-11-15-12-9-14(4-2)10-13-15/h14H,3-13H2,1-2H3. The summed E-state index contributed by atoms with van der Waals surface area (Å²) >= 11 is 0. The Labute approximate surface area is 96.2 Å². The van der Waals surface area contributed by atoms with Gasteiger partial charge in [0.2, 0.25) is 0 Å². The van der Waals surface area contributed by atoms with Crippen LogP contribution in [0.3, 0.4) is 0 Å². The Kier molecular flexibility index (Phi) is 7.08. The van der Waals surface area contributed by atoms with Crippen molar-refractivity contribution >= 4 is 0 Å². The Morgan fingerprint density at radius 2 is 1.60 bits per heavy atom. The van der Waals surface area contributed by atoms with Gasteiger partial charge in [-0.25, -0.2) is 0 Å². The topological polar surface area (TPSA) is 3.24 Å². The van der Waals surface area contributed by atoms with E-state index in [2.05, 4.69) is 18.7 Å². The molecule has 1 aliphatic heterocycles. The number of likely N-dealkylation sites (tertiary alicyclic amines) is 1. The molecule has 1 heteroatoms. The van der Waals surface area contributed by atoms with Crippen LogP contribution in [0.2, 0.25) is 0 Å². The molecule has 1 saturated heterocycles. The summed E-state index contributed by atoms with van der Waals surface area (Å²) in [6, 6.07) is 0. The molecule has 0 unspecified atom stereocenters. The van der Waals surface area contributed by atoms with Crippen molar-refractivity contribution < 1.29 is 0 Å². The summed E-state index contributed by atoms with van der Waals surface area (Å²) in [5.41, 5.74) is 0. The molecule has 90 valence electrons. The van der Waals surface area contributed by atoms with Gasteiger partial charge in [-0.1, -0.05) is 46.0 Å². The summed E-state index contributed by atoms with van der Waals surface area (Å²) in [6.07, 6.45) is 11.4. The van der Waals surface area contributed by atoms with Crippen LogP contribution >= 0.6 is 0 Å². The molecule has 0 aromatic heterocycles. The lowest BCUT2D eigenvalue weighted by atomic mass is 9.94. The van der Waals surface area contributed by atoms with Crippen molar-refractivity contribution in [2.45, 2.75) is 65.2 Å². The molecular weight excluding hydrogens is 182 g/mol. The minimum absolute atomic E-state index is 1.03. The van der Waals surface area contributed by atoms with Gasteiger partial charge >= 0.3 is 0 Å². The Morgan fingerprint density at radius 1 is 0.933 bits per heavy atom. The number of piperidine rings is 1. The van der Waals surface area contributed by atoms with Crippen molar-refractivity contribution in [1.82, 2.24) is 4.90 Å². The average molecular weight is 211 g/mol. The van der Waals surface area contributed by atoms with E-state index >= 15 is 0 Å². The maximum absolute atomic E-state index is 2.68. The maximum atomic E-state index is 2.68. The fraction of sp³-hybridized carbons (Fsp3) is 1.00. The van der Waals surface area contributed by atoms with Crippen LogP contribution in [0.5, 0.6) is 0 Å². The highest BCUT2D eigenvalue weighted by atomic mass is 15.1. The SMILES string of the molecule is CCCCCCCN1CCC(CC)CC1. The molecule has 1 aliphatic rings. The first-order valence-corrected chi connectivity index (χ1v) is 7.09. The molecule has 0 N–H and O–H groups in total. The summed E-state index contributed by atoms with van der Waals surface area (Å²) in [5, 5.41) is 0. The predicted molar refractivity (Wildman–Crippen MR) is 68.2 cm³/mol. The number of hydrogen-bond acceptors (Lipinski definition) is 1. The highest BCUT2D eigenvalue weighted by Gasteiger charge is 2.16. The van der Waals surface area contributed by atoms with E-state index in [1.54, 1.807) is 0 Å². The molecule has 0 aromatic rings. The van der Waals surface area contributed by atoms with Gasteiger partial charge in [0.05, 0.1) is 0 Å². The summed E-state index contributed by atoms with van der Waals surface area (Å²) in [7, 11) is 0. The van der Waals surface area contributed by atoms with Gasteiger partial charge in [0.25, 0.3) is 0 Å². The van der Waals surface area contributed by atoms with Gasteiger partial charge in [0.15, 0.2) is 0 Å². The zero-order chi connectivity index (χ0) is 10.9. The van der Waals surface area contributed by atoms with E-state index in [9.17, 15) is 0 Å². The molecule has 0 spiro atoms. The van der Waals surface area contributed by atoms with Gasteiger partial charge in [-0.05, 0) is 44.8 Å². The van der Waals surface area contributed by atoms with Crippen LogP contribution in [0.4, 0.5) is 0 Å². The third-order valence-corrected chi connectivity index (χ3v) is 3.86. The lowest BCUT2D eigenvalue weighted by Gasteiger charge is -2.31. The predicted octanol–water partition coefficient (Wildman–Crippen LogP) is 4.08. The van der Waals surface area contributed by atoms with E-state index in [0.29, 0.717) is 0 Å². The van der Waals surface area contributed by atoms with Gasteiger partial charge in [-0.15, -0.1) is 0 Å². The number of unbranched alkanes of at least 4 members (excludes halogenated alkanes) is 4. The van der Waals surface area contributed by atoms with Crippen LogP contribution in [-0.4, -0.2) is 24.5 Å². The zero-order valence-electron chi connectivity index (χ0n) is 10.8. The second-order valence-electron chi connectivity index (χ2n) is 5.11. The summed E-state index contributed by atoms with van der Waals surface area (Å²) in [6.45, 7) is 8.72. The Morgan fingerprint density at radius 3 is 2.20 bits per heavy atom. The first kappa shape index (κ1) is 13.0. The Balaban J connectivity index is 1.94. The summed E-state index contributed by atoms with van der Waals surface area (Å²) in [5.74, 6) is 1.03. The molecule has 1 nitrogen and oxygen atoms in total. The lowest BCUT2D eigenvalue weighted by Crippen LogP contribution is -2.34. The van der Waals surface area contributed by atoms with Crippen LogP contribution in [0.1, 0.15) is 65.2 Å². The summed E-state index contributed by atoms with van der Waals surface area (Å²) < 4.78 is 0. The number of nitrogens with zero attached hydrogens (tertiary/aromatic N) is 1. The largest absolute Gasteiger partial charge is 0.303 e. The smallest absolute Gasteiger partial charge is 0.00161 e. The molecule has 15 heavy (non-hydrogen) atoms. The second kappa shape index (κ2) is 8.15. The molecule has 0 atom stereocenters. The number of hydrogen-bond donors (Lipinski definition) is 0. The minimum atomic E-state index is 1.03. The monoisotopic (exact) mass is 211 g/mol. The fourth-order valence-electron chi connectivity index (χ4n) is 2.56. The minimum Gasteiger partial charge on any atom is -0.303 e. The Bertz CT molecular complexity index is 136. The van der Waals surface area contributed by atoms with Gasteiger partial charge in [0, 0.05) is 0 Å². The molecule has 1 rings (SSSR count). The van der Waals surface area contributed by atoms with Crippen molar-refractivity contribution in [2.75, 3.05) is 19.6 Å². The van der Waals surface area contributed by atoms with Crippen molar-refractivity contribution in [3.63, 3.8) is 0 Å². The first-order valence-electron chi connectivity index (χ1n) is 7.09. The van der Waals surface area contributed by atoms with Gasteiger partial charge < -0.3 is 4.90 Å². The Hall–Kier alpha value is -0.0400. The van der Waals surface area contributed by atoms with E-state index in [1.165, 1.54) is 71.0 Å². The lowest BCUT2D eigenvalue weighted by molar-refractivity contribution is 0.179. The molecule has 0 radical (unpaired) electrons. The van der Waals surface area contributed by atoms with Crippen molar-refractivity contribution in [2.24, 2.45) is 5.92 Å². The second-order valence-corrected chi connectivity index (χ2v) is 5.11. The van der Waals surface area contributed by atoms with E-state index < -0.39 is 0 Å². The van der Waals surface area contributed by atoms with Crippen LogP contribution in [0, 0.1) is 5.92 Å². The van der Waals surface area contributed by atoms with E-state index in [-0.39, 0.29) is 0 Å². The van der Waals surface area contributed by atoms with Crippen molar-refractivity contribution in [3.8, 4) is 0 Å². The van der Waals surface area contributed by atoms with E-state index in [0.717, 1.165) is 5.92 Å². The normalized spacial score (nSPS) is 19.6. The maximum Gasteiger partial charge on any atom is -0.00161 e. The molecule has 1 heterocycles. The van der Waals surface area contributed by atoms with Gasteiger partial charge in [0.1, 0.15) is 0 Å². The molecule has 0 amide bonds. The van der Waals surface area contributed by atoms with Crippen molar-refractivity contribution in [3.05, 3.63) is 0 Å². The third kappa shape index (κ3) is 5.55. The highest BCUT2D eigenvalue weighted by Crippen LogP contribution is 2.20. The summed E-state index contributed by atoms with van der Waals surface area (Å²) in [4.78, 5) is 2.68. The zero-order valence-corrected chi connectivity index (χ0v) is 10.8. The molecule has 0 aliphatic carbocycles. The van der Waals surface area contributed by atoms with Gasteiger partial charge in [-0.3, -0.25) is 0 Å². The molecular formula is C14H29N. The molecule has 0 aromatic carbocycles. The van der Waals surface area contributed by atoms with Crippen LogP contribution < -0.4 is 0 Å². The molecule has 0 bridgehead atoms.